The molecule has 0 fully saturated rings. The third-order valence-electron chi connectivity index (χ3n) is 2.81. The summed E-state index contributed by atoms with van der Waals surface area (Å²) in [6.07, 6.45) is 1.58. The fourth-order valence-corrected chi connectivity index (χ4v) is 1.95. The number of nitrogens with zero attached hydrogens (tertiary/aromatic N) is 2. The summed E-state index contributed by atoms with van der Waals surface area (Å²) in [6, 6.07) is 5.06. The van der Waals surface area contributed by atoms with E-state index in [1.807, 2.05) is 13.0 Å². The highest BCUT2D eigenvalue weighted by atomic mass is 79.9. The first kappa shape index (κ1) is 13.7. The number of halogens is 2. The molecule has 0 spiro atoms. The van der Waals surface area contributed by atoms with Crippen molar-refractivity contribution in [1.29, 1.82) is 0 Å². The minimum Gasteiger partial charge on any atom is -0.368 e. The van der Waals surface area contributed by atoms with Crippen LogP contribution in [0.1, 0.15) is 24.1 Å². The maximum atomic E-state index is 13.5. The van der Waals surface area contributed by atoms with Crippen LogP contribution in [0.2, 0.25) is 0 Å². The van der Waals surface area contributed by atoms with Gasteiger partial charge in [0, 0.05) is 6.20 Å². The van der Waals surface area contributed by atoms with Crippen molar-refractivity contribution < 1.29 is 4.39 Å². The van der Waals surface area contributed by atoms with Crippen molar-refractivity contribution in [3.05, 3.63) is 45.8 Å². The average molecular weight is 325 g/mol. The Bertz CT molecular complexity index is 603. The zero-order chi connectivity index (χ0) is 14.0. The second kappa shape index (κ2) is 5.52. The first-order chi connectivity index (χ1) is 8.97. The summed E-state index contributed by atoms with van der Waals surface area (Å²) >= 11 is 3.34. The van der Waals surface area contributed by atoms with Crippen LogP contribution in [0.4, 0.5) is 16.2 Å². The van der Waals surface area contributed by atoms with Crippen LogP contribution < -0.4 is 11.1 Å². The molecule has 0 aliphatic heterocycles. The number of rotatable bonds is 3. The van der Waals surface area contributed by atoms with E-state index in [-0.39, 0.29) is 17.8 Å². The normalized spacial score (nSPS) is 12.2. The van der Waals surface area contributed by atoms with Crippen molar-refractivity contribution >= 4 is 27.7 Å². The Labute approximate surface area is 119 Å². The molecular formula is C13H14BrFN4. The molecular weight excluding hydrogens is 311 g/mol. The van der Waals surface area contributed by atoms with Crippen LogP contribution in [0.15, 0.2) is 28.9 Å². The van der Waals surface area contributed by atoms with Gasteiger partial charge < -0.3 is 11.1 Å². The minimum atomic E-state index is -0.215. The Hall–Kier alpha value is -1.69. The molecule has 0 bridgehead atoms. The van der Waals surface area contributed by atoms with Gasteiger partial charge in [-0.15, -0.1) is 0 Å². The van der Waals surface area contributed by atoms with Crippen molar-refractivity contribution in [2.45, 2.75) is 19.9 Å². The lowest BCUT2D eigenvalue weighted by Gasteiger charge is -2.16. The van der Waals surface area contributed by atoms with Crippen LogP contribution in [0, 0.1) is 12.7 Å². The number of nitrogen functional groups attached to an aromatic ring is 1. The van der Waals surface area contributed by atoms with Crippen molar-refractivity contribution in [2.75, 3.05) is 11.1 Å². The lowest BCUT2D eigenvalue weighted by atomic mass is 10.1. The quantitative estimate of drug-likeness (QED) is 0.907. The third-order valence-corrected chi connectivity index (χ3v) is 3.39. The molecule has 3 N–H and O–H groups in total. The highest BCUT2D eigenvalue weighted by molar-refractivity contribution is 9.10. The molecule has 19 heavy (non-hydrogen) atoms. The zero-order valence-electron chi connectivity index (χ0n) is 10.6. The van der Waals surface area contributed by atoms with Crippen molar-refractivity contribution in [1.82, 2.24) is 9.97 Å². The highest BCUT2D eigenvalue weighted by Gasteiger charge is 2.11. The summed E-state index contributed by atoms with van der Waals surface area (Å²) in [7, 11) is 0. The molecule has 2 aromatic rings. The predicted octanol–water partition coefficient (Wildman–Crippen LogP) is 3.44. The molecule has 0 aliphatic rings. The largest absolute Gasteiger partial charge is 0.368 e. The zero-order valence-corrected chi connectivity index (χ0v) is 12.2. The number of hydrogen-bond donors (Lipinski definition) is 2. The van der Waals surface area contributed by atoms with E-state index >= 15 is 0 Å². The Balaban J connectivity index is 2.22. The predicted molar refractivity (Wildman–Crippen MR) is 77.3 cm³/mol. The number of nitrogens with one attached hydrogen (secondary N) is 1. The maximum Gasteiger partial charge on any atom is 0.221 e. The van der Waals surface area contributed by atoms with Crippen LogP contribution >= 0.6 is 15.9 Å². The van der Waals surface area contributed by atoms with Crippen molar-refractivity contribution in [2.24, 2.45) is 0 Å². The molecule has 100 valence electrons. The molecule has 0 amide bonds. The molecule has 0 saturated carbocycles. The Morgan fingerprint density at radius 3 is 2.84 bits per heavy atom. The molecule has 6 heteroatoms. The molecule has 1 aromatic carbocycles. The van der Waals surface area contributed by atoms with Gasteiger partial charge in [0.2, 0.25) is 5.95 Å². The molecule has 2 rings (SSSR count). The summed E-state index contributed by atoms with van der Waals surface area (Å²) in [4.78, 5) is 7.96. The summed E-state index contributed by atoms with van der Waals surface area (Å²) in [5.74, 6) is 0.557. The monoisotopic (exact) mass is 324 g/mol. The summed E-state index contributed by atoms with van der Waals surface area (Å²) in [6.45, 7) is 3.66. The van der Waals surface area contributed by atoms with Crippen LogP contribution in [0.5, 0.6) is 0 Å². The number of nitrogens with two attached hydrogens (primary N) is 1. The summed E-state index contributed by atoms with van der Waals surface area (Å²) in [5, 5.41) is 3.17. The first-order valence-corrected chi connectivity index (χ1v) is 6.57. The summed E-state index contributed by atoms with van der Waals surface area (Å²) < 4.78 is 14.2. The smallest absolute Gasteiger partial charge is 0.221 e. The molecule has 1 aromatic heterocycles. The fraction of sp³-hybridized carbons (Fsp3) is 0.231. The van der Waals surface area contributed by atoms with Crippen LogP contribution in [0.25, 0.3) is 0 Å². The third kappa shape index (κ3) is 3.20. The van der Waals surface area contributed by atoms with E-state index in [9.17, 15) is 4.39 Å². The lowest BCUT2D eigenvalue weighted by molar-refractivity contribution is 0.614. The molecule has 1 atom stereocenters. The van der Waals surface area contributed by atoms with E-state index in [1.165, 1.54) is 6.07 Å². The number of aryl methyl sites for hydroxylation is 1. The van der Waals surface area contributed by atoms with Crippen molar-refractivity contribution in [3.8, 4) is 0 Å². The molecule has 4 nitrogen and oxygen atoms in total. The second-order valence-corrected chi connectivity index (χ2v) is 5.15. The maximum absolute atomic E-state index is 13.5. The van der Waals surface area contributed by atoms with Gasteiger partial charge in [0.15, 0.2) is 0 Å². The minimum absolute atomic E-state index is 0.0966. The van der Waals surface area contributed by atoms with Crippen LogP contribution in [-0.4, -0.2) is 9.97 Å². The van der Waals surface area contributed by atoms with Crippen LogP contribution in [-0.2, 0) is 0 Å². The molecule has 0 saturated heterocycles. The summed E-state index contributed by atoms with van der Waals surface area (Å²) in [5.41, 5.74) is 7.01. The number of aromatic nitrogens is 2. The van der Waals surface area contributed by atoms with Gasteiger partial charge >= 0.3 is 0 Å². The van der Waals surface area contributed by atoms with Gasteiger partial charge in [-0.1, -0.05) is 12.1 Å². The second-order valence-electron chi connectivity index (χ2n) is 4.30. The molecule has 0 aliphatic carbocycles. The van der Waals surface area contributed by atoms with Gasteiger partial charge in [0.25, 0.3) is 0 Å². The van der Waals surface area contributed by atoms with Gasteiger partial charge in [-0.3, -0.25) is 0 Å². The van der Waals surface area contributed by atoms with E-state index in [2.05, 4.69) is 31.2 Å². The number of benzene rings is 1. The Kier molecular flexibility index (Phi) is 3.99. The van der Waals surface area contributed by atoms with Gasteiger partial charge in [-0.05, 0) is 47.0 Å². The van der Waals surface area contributed by atoms with Gasteiger partial charge in [-0.2, -0.15) is 4.98 Å². The van der Waals surface area contributed by atoms with Gasteiger partial charge in [0.05, 0.1) is 10.5 Å². The van der Waals surface area contributed by atoms with E-state index in [4.69, 9.17) is 5.73 Å². The number of hydrogen-bond acceptors (Lipinski definition) is 4. The van der Waals surface area contributed by atoms with Crippen LogP contribution in [0.3, 0.4) is 0 Å². The Morgan fingerprint density at radius 1 is 1.42 bits per heavy atom. The average Bonchev–Trinajstić information content (AvgIpc) is 2.37. The highest BCUT2D eigenvalue weighted by Crippen LogP contribution is 2.25. The van der Waals surface area contributed by atoms with E-state index < -0.39 is 0 Å². The van der Waals surface area contributed by atoms with E-state index in [1.54, 1.807) is 19.2 Å². The van der Waals surface area contributed by atoms with Gasteiger partial charge in [0.1, 0.15) is 11.6 Å². The molecule has 1 heterocycles. The topological polar surface area (TPSA) is 63.8 Å². The Morgan fingerprint density at radius 2 is 2.16 bits per heavy atom. The van der Waals surface area contributed by atoms with Crippen molar-refractivity contribution in [3.63, 3.8) is 0 Å². The lowest BCUT2D eigenvalue weighted by Crippen LogP contribution is -2.10. The SMILES string of the molecule is Cc1ccc(C(C)Nc2nc(N)ncc2Br)cc1F. The van der Waals surface area contributed by atoms with E-state index in [0.717, 1.165) is 5.56 Å². The molecule has 0 radical (unpaired) electrons. The first-order valence-electron chi connectivity index (χ1n) is 5.78. The number of anilines is 2. The molecule has 1 unspecified atom stereocenters. The van der Waals surface area contributed by atoms with E-state index in [0.29, 0.717) is 15.9 Å². The van der Waals surface area contributed by atoms with Gasteiger partial charge in [-0.25, -0.2) is 9.37 Å². The fourth-order valence-electron chi connectivity index (χ4n) is 1.65. The standard InChI is InChI=1S/C13H14BrFN4/c1-7-3-4-9(5-11(7)15)8(2)18-12-10(14)6-17-13(16)19-12/h3-6,8H,1-2H3,(H3,16,17,18,19).